The maximum atomic E-state index is 13.0. The Morgan fingerprint density at radius 2 is 1.95 bits per heavy atom. The van der Waals surface area contributed by atoms with Crippen molar-refractivity contribution in [2.75, 3.05) is 20.1 Å². The van der Waals surface area contributed by atoms with Gasteiger partial charge in [0.15, 0.2) is 0 Å². The molecule has 4 heteroatoms. The maximum absolute atomic E-state index is 13.0. The van der Waals surface area contributed by atoms with Crippen molar-refractivity contribution >= 4 is 11.6 Å². The summed E-state index contributed by atoms with van der Waals surface area (Å²) in [6.45, 7) is 8.53. The largest absolute Gasteiger partial charge is 0.310 e. The standard InChI is InChI=1S/C16H26ClFN2/c1-12(2)20(4)10-6-5-9-19-13(3)15-8-7-14(18)11-16(15)17/h7-8,11-13,19H,5-6,9-10H2,1-4H3. The van der Waals surface area contributed by atoms with Gasteiger partial charge in [0.1, 0.15) is 5.82 Å². The van der Waals surface area contributed by atoms with Crippen LogP contribution in [0.4, 0.5) is 4.39 Å². The summed E-state index contributed by atoms with van der Waals surface area (Å²) in [5.74, 6) is -0.289. The molecule has 0 saturated heterocycles. The predicted octanol–water partition coefficient (Wildman–Crippen LogP) is 4.25. The van der Waals surface area contributed by atoms with Crippen LogP contribution in [-0.4, -0.2) is 31.1 Å². The van der Waals surface area contributed by atoms with E-state index >= 15 is 0 Å². The van der Waals surface area contributed by atoms with E-state index in [1.807, 2.05) is 0 Å². The third-order valence-corrected chi connectivity index (χ3v) is 4.03. The second kappa shape index (κ2) is 8.60. The van der Waals surface area contributed by atoms with Gasteiger partial charge in [-0.1, -0.05) is 17.7 Å². The molecule has 0 saturated carbocycles. The number of benzene rings is 1. The van der Waals surface area contributed by atoms with Crippen LogP contribution in [0, 0.1) is 5.82 Å². The molecule has 1 atom stereocenters. The van der Waals surface area contributed by atoms with Crippen molar-refractivity contribution < 1.29 is 4.39 Å². The Labute approximate surface area is 127 Å². The molecule has 1 unspecified atom stereocenters. The summed E-state index contributed by atoms with van der Waals surface area (Å²) in [4.78, 5) is 2.35. The van der Waals surface area contributed by atoms with Crippen LogP contribution < -0.4 is 5.32 Å². The fraction of sp³-hybridized carbons (Fsp3) is 0.625. The normalized spacial score (nSPS) is 13.2. The molecule has 0 aliphatic rings. The van der Waals surface area contributed by atoms with E-state index in [9.17, 15) is 4.39 Å². The second-order valence-corrected chi connectivity index (χ2v) is 6.03. The zero-order valence-electron chi connectivity index (χ0n) is 12.9. The number of hydrogen-bond donors (Lipinski definition) is 1. The lowest BCUT2D eigenvalue weighted by Crippen LogP contribution is -2.28. The lowest BCUT2D eigenvalue weighted by atomic mass is 10.1. The van der Waals surface area contributed by atoms with E-state index < -0.39 is 0 Å². The molecular formula is C16H26ClFN2. The van der Waals surface area contributed by atoms with E-state index in [0.717, 1.165) is 25.1 Å². The Bertz CT molecular complexity index is 409. The van der Waals surface area contributed by atoms with Crippen molar-refractivity contribution in [3.05, 3.63) is 34.6 Å². The molecule has 20 heavy (non-hydrogen) atoms. The minimum Gasteiger partial charge on any atom is -0.310 e. The van der Waals surface area contributed by atoms with Gasteiger partial charge in [0, 0.05) is 17.1 Å². The zero-order valence-corrected chi connectivity index (χ0v) is 13.7. The molecule has 0 amide bonds. The fourth-order valence-corrected chi connectivity index (χ4v) is 2.36. The minimum absolute atomic E-state index is 0.144. The molecule has 0 fully saturated rings. The van der Waals surface area contributed by atoms with Gasteiger partial charge in [-0.2, -0.15) is 0 Å². The highest BCUT2D eigenvalue weighted by Crippen LogP contribution is 2.23. The molecule has 0 aliphatic carbocycles. The van der Waals surface area contributed by atoms with Crippen LogP contribution in [0.1, 0.15) is 45.2 Å². The third-order valence-electron chi connectivity index (χ3n) is 3.70. The summed E-state index contributed by atoms with van der Waals surface area (Å²) >= 11 is 6.05. The lowest BCUT2D eigenvalue weighted by Gasteiger charge is -2.21. The van der Waals surface area contributed by atoms with E-state index in [1.54, 1.807) is 6.07 Å². The van der Waals surface area contributed by atoms with Gasteiger partial charge >= 0.3 is 0 Å². The van der Waals surface area contributed by atoms with Crippen LogP contribution in [0.2, 0.25) is 5.02 Å². The molecule has 1 N–H and O–H groups in total. The number of unbranched alkanes of at least 4 members (excludes halogenated alkanes) is 1. The van der Waals surface area contributed by atoms with Crippen LogP contribution in [-0.2, 0) is 0 Å². The highest BCUT2D eigenvalue weighted by Gasteiger charge is 2.09. The molecule has 1 aromatic carbocycles. The maximum Gasteiger partial charge on any atom is 0.124 e. The molecule has 114 valence electrons. The Morgan fingerprint density at radius 3 is 2.55 bits per heavy atom. The predicted molar refractivity (Wildman–Crippen MR) is 84.8 cm³/mol. The molecule has 0 radical (unpaired) electrons. The molecule has 1 aromatic rings. The van der Waals surface area contributed by atoms with Gasteiger partial charge in [0.25, 0.3) is 0 Å². The van der Waals surface area contributed by atoms with Gasteiger partial charge in [-0.25, -0.2) is 4.39 Å². The minimum atomic E-state index is -0.289. The van der Waals surface area contributed by atoms with Crippen molar-refractivity contribution in [2.24, 2.45) is 0 Å². The molecule has 1 rings (SSSR count). The van der Waals surface area contributed by atoms with Crippen molar-refractivity contribution in [2.45, 2.75) is 45.7 Å². The van der Waals surface area contributed by atoms with Gasteiger partial charge in [0.2, 0.25) is 0 Å². The highest BCUT2D eigenvalue weighted by molar-refractivity contribution is 6.31. The summed E-state index contributed by atoms with van der Waals surface area (Å²) < 4.78 is 13.0. The average Bonchev–Trinajstić information content (AvgIpc) is 2.37. The monoisotopic (exact) mass is 300 g/mol. The lowest BCUT2D eigenvalue weighted by molar-refractivity contribution is 0.267. The van der Waals surface area contributed by atoms with E-state index in [1.165, 1.54) is 18.6 Å². The van der Waals surface area contributed by atoms with Gasteiger partial charge < -0.3 is 10.2 Å². The third kappa shape index (κ3) is 5.78. The summed E-state index contributed by atoms with van der Waals surface area (Å²) in [7, 11) is 2.15. The second-order valence-electron chi connectivity index (χ2n) is 5.62. The molecule has 0 heterocycles. The summed E-state index contributed by atoms with van der Waals surface area (Å²) in [5.41, 5.74) is 0.951. The molecule has 0 aromatic heterocycles. The zero-order chi connectivity index (χ0) is 15.1. The highest BCUT2D eigenvalue weighted by atomic mass is 35.5. The first-order valence-corrected chi connectivity index (χ1v) is 7.68. The van der Waals surface area contributed by atoms with Crippen molar-refractivity contribution in [3.8, 4) is 0 Å². The van der Waals surface area contributed by atoms with Crippen LogP contribution >= 0.6 is 11.6 Å². The van der Waals surface area contributed by atoms with Crippen molar-refractivity contribution in [1.29, 1.82) is 0 Å². The van der Waals surface area contributed by atoms with E-state index in [0.29, 0.717) is 11.1 Å². The number of nitrogens with zero attached hydrogens (tertiary/aromatic N) is 1. The van der Waals surface area contributed by atoms with Gasteiger partial charge in [0.05, 0.1) is 0 Å². The molecule has 0 aliphatic heterocycles. The van der Waals surface area contributed by atoms with Crippen LogP contribution in [0.15, 0.2) is 18.2 Å². The van der Waals surface area contributed by atoms with E-state index in [2.05, 4.69) is 38.0 Å². The first-order valence-electron chi connectivity index (χ1n) is 7.30. The van der Waals surface area contributed by atoms with Crippen LogP contribution in [0.5, 0.6) is 0 Å². The summed E-state index contributed by atoms with van der Waals surface area (Å²) in [6, 6.07) is 5.32. The van der Waals surface area contributed by atoms with Gasteiger partial charge in [-0.15, -0.1) is 0 Å². The number of rotatable bonds is 8. The fourth-order valence-electron chi connectivity index (χ4n) is 2.03. The molecule has 0 spiro atoms. The Morgan fingerprint density at radius 1 is 1.25 bits per heavy atom. The summed E-state index contributed by atoms with van der Waals surface area (Å²) in [5, 5.41) is 3.93. The van der Waals surface area contributed by atoms with Crippen molar-refractivity contribution in [1.82, 2.24) is 10.2 Å². The Balaban J connectivity index is 2.28. The summed E-state index contributed by atoms with van der Waals surface area (Å²) in [6.07, 6.45) is 2.30. The Hall–Kier alpha value is -0.640. The molecule has 0 bridgehead atoms. The van der Waals surface area contributed by atoms with Gasteiger partial charge in [-0.05, 0) is 71.4 Å². The number of nitrogens with one attached hydrogen (secondary N) is 1. The SMILES string of the molecule is CC(NCCCCN(C)C(C)C)c1ccc(F)cc1Cl. The topological polar surface area (TPSA) is 15.3 Å². The quantitative estimate of drug-likeness (QED) is 0.722. The average molecular weight is 301 g/mol. The first-order chi connectivity index (χ1) is 9.41. The molecular weight excluding hydrogens is 275 g/mol. The van der Waals surface area contributed by atoms with E-state index in [-0.39, 0.29) is 11.9 Å². The van der Waals surface area contributed by atoms with Crippen molar-refractivity contribution in [3.63, 3.8) is 0 Å². The smallest absolute Gasteiger partial charge is 0.124 e. The number of halogens is 2. The molecule has 2 nitrogen and oxygen atoms in total. The van der Waals surface area contributed by atoms with Gasteiger partial charge in [-0.3, -0.25) is 0 Å². The van der Waals surface area contributed by atoms with Crippen LogP contribution in [0.25, 0.3) is 0 Å². The van der Waals surface area contributed by atoms with E-state index in [4.69, 9.17) is 11.6 Å². The number of hydrogen-bond acceptors (Lipinski definition) is 2. The van der Waals surface area contributed by atoms with Crippen LogP contribution in [0.3, 0.4) is 0 Å². The Kier molecular flexibility index (Phi) is 7.49. The first kappa shape index (κ1) is 17.4.